The number of aromatic nitrogens is 4. The maximum absolute atomic E-state index is 12.7. The Morgan fingerprint density at radius 2 is 2.10 bits per heavy atom. The zero-order valence-electron chi connectivity index (χ0n) is 17.8. The van der Waals surface area contributed by atoms with Crippen LogP contribution in [0.3, 0.4) is 0 Å². The van der Waals surface area contributed by atoms with Crippen molar-refractivity contribution in [2.45, 2.75) is 59.3 Å². The largest absolute Gasteiger partial charge is 0.349 e. The van der Waals surface area contributed by atoms with Crippen molar-refractivity contribution in [3.05, 3.63) is 22.1 Å². The summed E-state index contributed by atoms with van der Waals surface area (Å²) in [7, 11) is 0. The zero-order valence-corrected chi connectivity index (χ0v) is 18.6. The number of fused-ring (bicyclic) bond motifs is 5. The Kier molecular flexibility index (Phi) is 5.83. The van der Waals surface area contributed by atoms with Crippen LogP contribution >= 0.6 is 11.3 Å². The van der Waals surface area contributed by atoms with Gasteiger partial charge in [0.05, 0.1) is 5.39 Å². The molecule has 4 rings (SSSR count). The minimum atomic E-state index is -0.210. The molecular formula is C21H30N6OS. The molecule has 1 N–H and O–H groups in total. The Morgan fingerprint density at radius 1 is 1.31 bits per heavy atom. The molecule has 0 fully saturated rings. The van der Waals surface area contributed by atoms with E-state index in [2.05, 4.69) is 41.1 Å². The molecule has 0 spiro atoms. The van der Waals surface area contributed by atoms with E-state index in [-0.39, 0.29) is 11.7 Å². The highest BCUT2D eigenvalue weighted by Gasteiger charge is 2.26. The van der Waals surface area contributed by atoms with Gasteiger partial charge in [-0.25, -0.2) is 9.97 Å². The van der Waals surface area contributed by atoms with Crippen molar-refractivity contribution in [1.82, 2.24) is 29.8 Å². The monoisotopic (exact) mass is 414 g/mol. The van der Waals surface area contributed by atoms with E-state index < -0.39 is 0 Å². The first-order valence-electron chi connectivity index (χ1n) is 10.7. The second-order valence-electron chi connectivity index (χ2n) is 7.88. The number of hydrogen-bond acceptors (Lipinski definition) is 6. The molecule has 7 nitrogen and oxygen atoms in total. The fourth-order valence-corrected chi connectivity index (χ4v) is 5.68. The number of amides is 1. The van der Waals surface area contributed by atoms with Gasteiger partial charge in [-0.1, -0.05) is 20.8 Å². The zero-order chi connectivity index (χ0) is 20.5. The first-order valence-corrected chi connectivity index (χ1v) is 11.5. The van der Waals surface area contributed by atoms with Gasteiger partial charge in [0, 0.05) is 11.4 Å². The molecule has 0 saturated carbocycles. The van der Waals surface area contributed by atoms with E-state index in [4.69, 9.17) is 4.98 Å². The van der Waals surface area contributed by atoms with Crippen molar-refractivity contribution in [2.24, 2.45) is 0 Å². The average Bonchev–Trinajstić information content (AvgIpc) is 3.30. The number of carbonyl (C=O) groups excluding carboxylic acids is 1. The molecule has 1 amide bonds. The Balaban J connectivity index is 1.60. The summed E-state index contributed by atoms with van der Waals surface area (Å²) < 4.78 is 1.74. The van der Waals surface area contributed by atoms with Gasteiger partial charge in [-0.15, -0.1) is 16.4 Å². The van der Waals surface area contributed by atoms with Crippen molar-refractivity contribution in [1.29, 1.82) is 0 Å². The maximum Gasteiger partial charge on any atom is 0.290 e. The third-order valence-corrected chi connectivity index (χ3v) is 7.13. The fraction of sp³-hybridized carbons (Fsp3) is 0.619. The highest BCUT2D eigenvalue weighted by Crippen LogP contribution is 2.42. The molecular weight excluding hydrogens is 384 g/mol. The topological polar surface area (TPSA) is 75.4 Å². The summed E-state index contributed by atoms with van der Waals surface area (Å²) in [5, 5.41) is 8.55. The van der Waals surface area contributed by atoms with Gasteiger partial charge in [0.15, 0.2) is 5.65 Å². The second-order valence-corrected chi connectivity index (χ2v) is 8.96. The van der Waals surface area contributed by atoms with E-state index in [1.165, 1.54) is 23.3 Å². The van der Waals surface area contributed by atoms with Gasteiger partial charge in [0.2, 0.25) is 5.82 Å². The van der Waals surface area contributed by atoms with Crippen LogP contribution in [0.15, 0.2) is 0 Å². The van der Waals surface area contributed by atoms with Crippen molar-refractivity contribution in [3.63, 3.8) is 0 Å². The Labute approximate surface area is 175 Å². The van der Waals surface area contributed by atoms with Gasteiger partial charge in [0.1, 0.15) is 10.7 Å². The highest BCUT2D eigenvalue weighted by atomic mass is 32.1. The van der Waals surface area contributed by atoms with E-state index in [1.807, 2.05) is 6.92 Å². The Bertz CT molecular complexity index is 1040. The number of hydrogen-bond donors (Lipinski definition) is 1. The van der Waals surface area contributed by atoms with Crippen LogP contribution in [0.5, 0.6) is 0 Å². The predicted molar refractivity (Wildman–Crippen MR) is 117 cm³/mol. The minimum Gasteiger partial charge on any atom is -0.349 e. The summed E-state index contributed by atoms with van der Waals surface area (Å²) in [6, 6.07) is 0. The first-order chi connectivity index (χ1) is 14.0. The number of rotatable bonds is 7. The molecule has 1 aliphatic carbocycles. The fourth-order valence-electron chi connectivity index (χ4n) is 4.31. The van der Waals surface area contributed by atoms with Crippen LogP contribution in [0.1, 0.15) is 72.8 Å². The van der Waals surface area contributed by atoms with Crippen molar-refractivity contribution in [2.75, 3.05) is 26.2 Å². The molecule has 0 saturated heterocycles. The van der Waals surface area contributed by atoms with Crippen LogP contribution in [-0.4, -0.2) is 56.6 Å². The third kappa shape index (κ3) is 3.75. The molecule has 1 aliphatic rings. The molecule has 3 aromatic rings. The Morgan fingerprint density at radius 3 is 2.86 bits per heavy atom. The number of thiophene rings is 1. The number of nitrogens with zero attached hydrogens (tertiary/aromatic N) is 5. The molecule has 1 atom stereocenters. The van der Waals surface area contributed by atoms with Crippen LogP contribution in [0.2, 0.25) is 0 Å². The molecule has 29 heavy (non-hydrogen) atoms. The summed E-state index contributed by atoms with van der Waals surface area (Å²) in [6.45, 7) is 12.2. The van der Waals surface area contributed by atoms with Gasteiger partial charge in [-0.05, 0) is 63.7 Å². The van der Waals surface area contributed by atoms with E-state index in [0.29, 0.717) is 12.5 Å². The molecule has 3 heterocycles. The second kappa shape index (κ2) is 8.36. The van der Waals surface area contributed by atoms with Gasteiger partial charge in [0.25, 0.3) is 5.91 Å². The summed E-state index contributed by atoms with van der Waals surface area (Å²) in [5.74, 6) is 1.29. The smallest absolute Gasteiger partial charge is 0.290 e. The minimum absolute atomic E-state index is 0.210. The quantitative estimate of drug-likeness (QED) is 0.599. The van der Waals surface area contributed by atoms with Crippen molar-refractivity contribution in [3.8, 4) is 0 Å². The lowest BCUT2D eigenvalue weighted by Crippen LogP contribution is -2.30. The maximum atomic E-state index is 12.7. The number of nitrogens with one attached hydrogen (secondary N) is 1. The first kappa shape index (κ1) is 20.2. The lowest BCUT2D eigenvalue weighted by molar-refractivity contribution is 0.0941. The number of aryl methyl sites for hydroxylation is 2. The summed E-state index contributed by atoms with van der Waals surface area (Å²) >= 11 is 1.78. The van der Waals surface area contributed by atoms with Gasteiger partial charge < -0.3 is 10.2 Å². The van der Waals surface area contributed by atoms with Crippen molar-refractivity contribution < 1.29 is 4.79 Å². The standard InChI is InChI=1S/C21H30N6OS/c1-5-26(6-2)12-8-11-22-20(28)18-24-19-17-16-13(3)9-7-10-15(16)29-21(17)23-14(4)27(19)25-18/h13H,5-12H2,1-4H3,(H,22,28)/t13-/m1/s1. The summed E-state index contributed by atoms with van der Waals surface area (Å²) in [6.07, 6.45) is 4.44. The normalized spacial score (nSPS) is 16.7. The molecule has 8 heteroatoms. The highest BCUT2D eigenvalue weighted by molar-refractivity contribution is 7.19. The average molecular weight is 415 g/mol. The lowest BCUT2D eigenvalue weighted by atomic mass is 9.87. The molecule has 0 aliphatic heterocycles. The van der Waals surface area contributed by atoms with E-state index >= 15 is 0 Å². The van der Waals surface area contributed by atoms with Crippen LogP contribution in [0.25, 0.3) is 15.9 Å². The molecule has 0 unspecified atom stereocenters. The number of carbonyl (C=O) groups is 1. The van der Waals surface area contributed by atoms with Gasteiger partial charge in [-0.3, -0.25) is 4.79 Å². The van der Waals surface area contributed by atoms with E-state index in [9.17, 15) is 4.79 Å². The molecule has 3 aromatic heterocycles. The van der Waals surface area contributed by atoms with Crippen molar-refractivity contribution >= 4 is 33.1 Å². The molecule has 156 valence electrons. The van der Waals surface area contributed by atoms with Gasteiger partial charge >= 0.3 is 0 Å². The third-order valence-electron chi connectivity index (χ3n) is 5.97. The van der Waals surface area contributed by atoms with Crippen LogP contribution < -0.4 is 5.32 Å². The predicted octanol–water partition coefficient (Wildman–Crippen LogP) is 3.55. The van der Waals surface area contributed by atoms with Crippen LogP contribution in [-0.2, 0) is 6.42 Å². The van der Waals surface area contributed by atoms with E-state index in [1.54, 1.807) is 15.9 Å². The lowest BCUT2D eigenvalue weighted by Gasteiger charge is -2.18. The SMILES string of the molecule is CCN(CC)CCCNC(=O)c1nc2c3c4c(sc3nc(C)n2n1)CCC[C@H]4C. The van der Waals surface area contributed by atoms with E-state index in [0.717, 1.165) is 54.2 Å². The molecule has 0 radical (unpaired) electrons. The van der Waals surface area contributed by atoms with Crippen LogP contribution in [0.4, 0.5) is 0 Å². The molecule has 0 bridgehead atoms. The summed E-state index contributed by atoms with van der Waals surface area (Å²) in [4.78, 5) is 26.9. The van der Waals surface area contributed by atoms with Crippen LogP contribution in [0, 0.1) is 6.92 Å². The van der Waals surface area contributed by atoms with Gasteiger partial charge in [-0.2, -0.15) is 4.52 Å². The Hall–Kier alpha value is -2.06. The summed E-state index contributed by atoms with van der Waals surface area (Å²) in [5.41, 5.74) is 2.14. The molecule has 0 aromatic carbocycles.